The van der Waals surface area contributed by atoms with E-state index >= 15 is 0 Å². The molecule has 0 aromatic rings. The lowest BCUT2D eigenvalue weighted by Gasteiger charge is -2.19. The first-order valence-electron chi connectivity index (χ1n) is 5.26. The maximum Gasteiger partial charge on any atom is 0.315 e. The largest absolute Gasteiger partial charge is 0.468 e. The highest BCUT2D eigenvalue weighted by Crippen LogP contribution is 2.60. The van der Waals surface area contributed by atoms with Gasteiger partial charge in [0.2, 0.25) is 5.69 Å². The van der Waals surface area contributed by atoms with Crippen molar-refractivity contribution >= 4 is 46.6 Å². The van der Waals surface area contributed by atoms with Crippen molar-refractivity contribution in [1.29, 1.82) is 0 Å². The number of hydrogen-bond acceptors (Lipinski definition) is 7. The summed E-state index contributed by atoms with van der Waals surface area (Å²) in [5, 5.41) is 0. The number of rotatable bonds is 10. The Hall–Kier alpha value is 0.740. The number of thioether (sulfide) groups is 1. The van der Waals surface area contributed by atoms with Crippen molar-refractivity contribution < 1.29 is 18.6 Å². The molecule has 0 aliphatic carbocycles. The van der Waals surface area contributed by atoms with Crippen molar-refractivity contribution in [3.8, 4) is 0 Å². The lowest BCUT2D eigenvalue weighted by atomic mass is 10.8. The number of carbonyl (C=O) groups is 1. The monoisotopic (exact) mass is 318 g/mol. The fraction of sp³-hybridized carbons (Fsp3) is 0.889. The number of hydrogen-bond donors (Lipinski definition) is 0. The number of esters is 1. The maximum atomic E-state index is 10.9. The van der Waals surface area contributed by atoms with E-state index in [4.69, 9.17) is 20.9 Å². The molecule has 0 saturated heterocycles. The maximum absolute atomic E-state index is 10.9. The van der Waals surface area contributed by atoms with Crippen molar-refractivity contribution in [1.82, 2.24) is 0 Å². The molecule has 0 aliphatic rings. The van der Waals surface area contributed by atoms with E-state index in [0.29, 0.717) is 19.0 Å². The molecule has 17 heavy (non-hydrogen) atoms. The summed E-state index contributed by atoms with van der Waals surface area (Å²) in [6, 6.07) is 0. The summed E-state index contributed by atoms with van der Waals surface area (Å²) in [4.78, 5) is 10.9. The van der Waals surface area contributed by atoms with Crippen molar-refractivity contribution in [2.24, 2.45) is 0 Å². The Morgan fingerprint density at radius 3 is 2.29 bits per heavy atom. The minimum Gasteiger partial charge on any atom is -0.468 e. The topological polar surface area (TPSA) is 44.8 Å². The molecule has 4 nitrogen and oxygen atoms in total. The van der Waals surface area contributed by atoms with Crippen molar-refractivity contribution in [3.05, 3.63) is 0 Å². The second kappa shape index (κ2) is 10.6. The van der Waals surface area contributed by atoms with Gasteiger partial charge in [0.05, 0.1) is 26.1 Å². The Balaban J connectivity index is 3.75. The lowest BCUT2D eigenvalue weighted by Crippen LogP contribution is -2.04. The summed E-state index contributed by atoms with van der Waals surface area (Å²) in [7, 11) is 1.39. The predicted molar refractivity (Wildman–Crippen MR) is 79.3 cm³/mol. The van der Waals surface area contributed by atoms with E-state index in [1.54, 1.807) is 11.4 Å². The second-order valence-electron chi connectivity index (χ2n) is 2.74. The third-order valence-electron chi connectivity index (χ3n) is 1.50. The Kier molecular flexibility index (Phi) is 11.1. The van der Waals surface area contributed by atoms with Gasteiger partial charge < -0.3 is 13.8 Å². The van der Waals surface area contributed by atoms with Gasteiger partial charge in [-0.2, -0.15) is 0 Å². The van der Waals surface area contributed by atoms with Gasteiger partial charge in [-0.25, -0.2) is 0 Å². The van der Waals surface area contributed by atoms with Crippen LogP contribution in [0, 0.1) is 0 Å². The Labute approximate surface area is 116 Å². The minimum absolute atomic E-state index is 0.200. The van der Waals surface area contributed by atoms with Crippen LogP contribution in [0.2, 0.25) is 0 Å². The Bertz CT molecular complexity index is 253. The molecule has 0 aromatic heterocycles. The fourth-order valence-corrected chi connectivity index (χ4v) is 6.85. The van der Waals surface area contributed by atoms with Gasteiger partial charge in [-0.15, -0.1) is 11.8 Å². The first kappa shape index (κ1) is 17.7. The van der Waals surface area contributed by atoms with Gasteiger partial charge in [0.25, 0.3) is 0 Å². The van der Waals surface area contributed by atoms with Gasteiger partial charge >= 0.3 is 5.97 Å². The molecule has 0 bridgehead atoms. The van der Waals surface area contributed by atoms with Crippen LogP contribution < -0.4 is 0 Å². The predicted octanol–water partition coefficient (Wildman–Crippen LogP) is 2.92. The molecule has 0 amide bonds. The SMILES string of the molecule is CCOP(=S)(OCC)SCCSCC(=O)OC. The van der Waals surface area contributed by atoms with E-state index in [2.05, 4.69) is 4.74 Å². The molecular weight excluding hydrogens is 299 g/mol. The van der Waals surface area contributed by atoms with E-state index in [-0.39, 0.29) is 5.97 Å². The third kappa shape index (κ3) is 9.33. The van der Waals surface area contributed by atoms with Crippen molar-refractivity contribution in [3.63, 3.8) is 0 Å². The Morgan fingerprint density at radius 1 is 1.24 bits per heavy atom. The quantitative estimate of drug-likeness (QED) is 0.348. The highest BCUT2D eigenvalue weighted by molar-refractivity contribution is 8.68. The van der Waals surface area contributed by atoms with E-state index in [1.807, 2.05) is 13.8 Å². The Morgan fingerprint density at radius 2 is 1.82 bits per heavy atom. The van der Waals surface area contributed by atoms with Crippen molar-refractivity contribution in [2.45, 2.75) is 13.8 Å². The van der Waals surface area contributed by atoms with Gasteiger partial charge in [0.1, 0.15) is 0 Å². The van der Waals surface area contributed by atoms with Crippen LogP contribution in [-0.4, -0.2) is 43.6 Å². The van der Waals surface area contributed by atoms with Gasteiger partial charge in [0, 0.05) is 11.5 Å². The molecule has 0 atom stereocenters. The average molecular weight is 318 g/mol. The van der Waals surface area contributed by atoms with Crippen LogP contribution in [-0.2, 0) is 30.4 Å². The molecule has 8 heteroatoms. The normalized spacial score (nSPS) is 11.5. The number of methoxy groups -OCH3 is 1. The van der Waals surface area contributed by atoms with E-state index in [0.717, 1.165) is 11.5 Å². The summed E-state index contributed by atoms with van der Waals surface area (Å²) in [5.41, 5.74) is -2.17. The molecule has 0 saturated carbocycles. The van der Waals surface area contributed by atoms with E-state index in [1.165, 1.54) is 18.9 Å². The molecule has 0 heterocycles. The molecule has 0 aromatic carbocycles. The highest BCUT2D eigenvalue weighted by atomic mass is 32.9. The summed E-state index contributed by atoms with van der Waals surface area (Å²) >= 11 is 8.42. The van der Waals surface area contributed by atoms with Crippen molar-refractivity contribution in [2.75, 3.05) is 37.6 Å². The zero-order valence-electron chi connectivity index (χ0n) is 10.3. The van der Waals surface area contributed by atoms with Crippen LogP contribution in [0.15, 0.2) is 0 Å². The molecule has 0 spiro atoms. The van der Waals surface area contributed by atoms with Gasteiger partial charge in [-0.05, 0) is 25.7 Å². The third-order valence-corrected chi connectivity index (χ3v) is 8.25. The zero-order valence-corrected chi connectivity index (χ0v) is 13.7. The molecule has 0 fully saturated rings. The molecule has 0 N–H and O–H groups in total. The second-order valence-corrected chi connectivity index (χ2v) is 10.3. The van der Waals surface area contributed by atoms with Crippen LogP contribution >= 0.6 is 28.8 Å². The molecule has 102 valence electrons. The van der Waals surface area contributed by atoms with Gasteiger partial charge in [-0.3, -0.25) is 4.79 Å². The average Bonchev–Trinajstić information content (AvgIpc) is 2.29. The minimum atomic E-state index is -2.17. The lowest BCUT2D eigenvalue weighted by molar-refractivity contribution is -0.137. The van der Waals surface area contributed by atoms with Crippen LogP contribution in [0.25, 0.3) is 0 Å². The van der Waals surface area contributed by atoms with Gasteiger partial charge in [-0.1, -0.05) is 11.4 Å². The zero-order chi connectivity index (χ0) is 13.1. The molecular formula is C9H19O4PS3. The first-order valence-corrected chi connectivity index (χ1v) is 10.6. The molecule has 0 aliphatic heterocycles. The number of carbonyl (C=O) groups excluding carboxylic acids is 1. The van der Waals surface area contributed by atoms with E-state index in [9.17, 15) is 4.79 Å². The number of ether oxygens (including phenoxy) is 1. The first-order chi connectivity index (χ1) is 8.08. The van der Waals surface area contributed by atoms with Crippen LogP contribution in [0.4, 0.5) is 0 Å². The van der Waals surface area contributed by atoms with E-state index < -0.39 is 5.69 Å². The van der Waals surface area contributed by atoms with Crippen LogP contribution in [0.3, 0.4) is 0 Å². The van der Waals surface area contributed by atoms with Crippen LogP contribution in [0.1, 0.15) is 13.8 Å². The standard InChI is InChI=1S/C9H19O4PS3/c1-4-12-14(15,13-5-2)17-7-6-16-8-9(10)11-3/h4-8H2,1-3H3. The summed E-state index contributed by atoms with van der Waals surface area (Å²) in [5.74, 6) is 1.83. The summed E-state index contributed by atoms with van der Waals surface area (Å²) in [6.45, 7) is 4.96. The smallest absolute Gasteiger partial charge is 0.315 e. The highest BCUT2D eigenvalue weighted by Gasteiger charge is 2.18. The fourth-order valence-electron chi connectivity index (χ4n) is 0.850. The summed E-state index contributed by atoms with van der Waals surface area (Å²) in [6.07, 6.45) is 0. The van der Waals surface area contributed by atoms with Crippen LogP contribution in [0.5, 0.6) is 0 Å². The molecule has 0 unspecified atom stereocenters. The molecule has 0 rings (SSSR count). The molecule has 0 radical (unpaired) electrons. The summed E-state index contributed by atoms with van der Waals surface area (Å²) < 4.78 is 15.5. The van der Waals surface area contributed by atoms with Gasteiger partial charge in [0.15, 0.2) is 0 Å².